The van der Waals surface area contributed by atoms with Crippen molar-refractivity contribution in [1.82, 2.24) is 15.1 Å². The fraction of sp³-hybridized carbons (Fsp3) is 0.333. The lowest BCUT2D eigenvalue weighted by Crippen LogP contribution is -2.42. The molecule has 0 spiro atoms. The summed E-state index contributed by atoms with van der Waals surface area (Å²) in [6, 6.07) is 2.22. The lowest BCUT2D eigenvalue weighted by Gasteiger charge is -2.21. The Morgan fingerprint density at radius 2 is 1.95 bits per heavy atom. The molecule has 0 bridgehead atoms. The minimum absolute atomic E-state index is 0.0443. The molecular weight excluding hydrogens is 291 g/mol. The van der Waals surface area contributed by atoms with Crippen LogP contribution in [0.25, 0.3) is 0 Å². The van der Waals surface area contributed by atoms with Crippen LogP contribution < -0.4 is 0 Å². The summed E-state index contributed by atoms with van der Waals surface area (Å²) in [5, 5.41) is 15.1. The molecule has 104 valence electrons. The minimum atomic E-state index is -4.72. The standard InChI is InChI=1S/C9H7ClF3N3O3/c10-6-2-1-5(14-15-6)8(19)16(3-7(17)18)4-9(11,12)13/h1-2H,3-4H2,(H,17,18). The van der Waals surface area contributed by atoms with Crippen LogP contribution in [0, 0.1) is 0 Å². The van der Waals surface area contributed by atoms with Crippen molar-refractivity contribution in [2.24, 2.45) is 0 Å². The Morgan fingerprint density at radius 1 is 1.32 bits per heavy atom. The van der Waals surface area contributed by atoms with Crippen molar-refractivity contribution in [1.29, 1.82) is 0 Å². The van der Waals surface area contributed by atoms with Crippen molar-refractivity contribution in [3.8, 4) is 0 Å². The second-order valence-corrected chi connectivity index (χ2v) is 3.80. The average molecular weight is 298 g/mol. The summed E-state index contributed by atoms with van der Waals surface area (Å²) in [4.78, 5) is 22.3. The van der Waals surface area contributed by atoms with Gasteiger partial charge in [0.15, 0.2) is 10.8 Å². The van der Waals surface area contributed by atoms with Gasteiger partial charge in [-0.1, -0.05) is 11.6 Å². The van der Waals surface area contributed by atoms with Crippen LogP contribution in [0.5, 0.6) is 0 Å². The van der Waals surface area contributed by atoms with Gasteiger partial charge in [0.2, 0.25) is 0 Å². The second kappa shape index (κ2) is 5.83. The van der Waals surface area contributed by atoms with E-state index in [4.69, 9.17) is 16.7 Å². The quantitative estimate of drug-likeness (QED) is 0.903. The first-order valence-corrected chi connectivity index (χ1v) is 5.14. The van der Waals surface area contributed by atoms with Gasteiger partial charge in [0.25, 0.3) is 5.91 Å². The molecule has 0 aliphatic heterocycles. The minimum Gasteiger partial charge on any atom is -0.480 e. The molecule has 0 aliphatic rings. The van der Waals surface area contributed by atoms with Gasteiger partial charge in [0, 0.05) is 0 Å². The molecule has 0 saturated carbocycles. The smallest absolute Gasteiger partial charge is 0.406 e. The van der Waals surface area contributed by atoms with Crippen LogP contribution in [0.4, 0.5) is 13.2 Å². The Balaban J connectivity index is 2.93. The van der Waals surface area contributed by atoms with Crippen LogP contribution in [0.1, 0.15) is 10.5 Å². The van der Waals surface area contributed by atoms with Gasteiger partial charge in [-0.2, -0.15) is 13.2 Å². The molecule has 19 heavy (non-hydrogen) atoms. The summed E-state index contributed by atoms with van der Waals surface area (Å²) in [5.74, 6) is -2.76. The third-order valence-corrected chi connectivity index (χ3v) is 2.04. The summed E-state index contributed by atoms with van der Waals surface area (Å²) in [5.41, 5.74) is -0.421. The van der Waals surface area contributed by atoms with Crippen molar-refractivity contribution >= 4 is 23.5 Å². The Kier molecular flexibility index (Phi) is 4.65. The van der Waals surface area contributed by atoms with E-state index in [1.54, 1.807) is 0 Å². The number of carbonyl (C=O) groups excluding carboxylic acids is 1. The van der Waals surface area contributed by atoms with Crippen LogP contribution >= 0.6 is 11.6 Å². The van der Waals surface area contributed by atoms with E-state index < -0.39 is 36.8 Å². The SMILES string of the molecule is O=C(O)CN(CC(F)(F)F)C(=O)c1ccc(Cl)nn1. The highest BCUT2D eigenvalue weighted by molar-refractivity contribution is 6.29. The predicted octanol–water partition coefficient (Wildman–Crippen LogP) is 1.22. The molecule has 0 aliphatic carbocycles. The third-order valence-electron chi connectivity index (χ3n) is 1.83. The fourth-order valence-electron chi connectivity index (χ4n) is 1.17. The number of carbonyl (C=O) groups is 2. The summed E-state index contributed by atoms with van der Waals surface area (Å²) in [6.07, 6.45) is -4.72. The van der Waals surface area contributed by atoms with Crippen molar-refractivity contribution < 1.29 is 27.9 Å². The molecule has 1 rings (SSSR count). The maximum Gasteiger partial charge on any atom is 0.406 e. The monoisotopic (exact) mass is 297 g/mol. The van der Waals surface area contributed by atoms with E-state index in [1.165, 1.54) is 0 Å². The molecule has 1 aromatic rings. The molecule has 0 fully saturated rings. The zero-order chi connectivity index (χ0) is 14.6. The first kappa shape index (κ1) is 15.2. The van der Waals surface area contributed by atoms with Gasteiger partial charge in [-0.15, -0.1) is 10.2 Å². The van der Waals surface area contributed by atoms with Crippen molar-refractivity contribution in [2.75, 3.05) is 13.1 Å². The van der Waals surface area contributed by atoms with Crippen LogP contribution in [-0.2, 0) is 4.79 Å². The van der Waals surface area contributed by atoms with Gasteiger partial charge in [0.05, 0.1) is 0 Å². The number of aliphatic carboxylic acids is 1. The highest BCUT2D eigenvalue weighted by Crippen LogP contribution is 2.17. The molecule has 1 aromatic heterocycles. The van der Waals surface area contributed by atoms with E-state index in [2.05, 4.69) is 10.2 Å². The largest absolute Gasteiger partial charge is 0.480 e. The van der Waals surface area contributed by atoms with E-state index in [-0.39, 0.29) is 10.1 Å². The van der Waals surface area contributed by atoms with Crippen molar-refractivity contribution in [3.05, 3.63) is 23.0 Å². The molecule has 10 heteroatoms. The van der Waals surface area contributed by atoms with Crippen LogP contribution in [0.3, 0.4) is 0 Å². The van der Waals surface area contributed by atoms with Crippen LogP contribution in [0.2, 0.25) is 5.15 Å². The number of aromatic nitrogens is 2. The number of hydrogen-bond acceptors (Lipinski definition) is 4. The van der Waals surface area contributed by atoms with Crippen LogP contribution in [-0.4, -0.2) is 51.3 Å². The summed E-state index contributed by atoms with van der Waals surface area (Å²) in [7, 11) is 0. The molecule has 0 unspecified atom stereocenters. The summed E-state index contributed by atoms with van der Waals surface area (Å²) in [6.45, 7) is -2.79. The van der Waals surface area contributed by atoms with Gasteiger partial charge >= 0.3 is 12.1 Å². The van der Waals surface area contributed by atoms with Crippen molar-refractivity contribution in [2.45, 2.75) is 6.18 Å². The van der Waals surface area contributed by atoms with Crippen LogP contribution in [0.15, 0.2) is 12.1 Å². The lowest BCUT2D eigenvalue weighted by molar-refractivity contribution is -0.149. The van der Waals surface area contributed by atoms with E-state index in [9.17, 15) is 22.8 Å². The molecule has 0 saturated heterocycles. The number of rotatable bonds is 4. The number of amides is 1. The highest BCUT2D eigenvalue weighted by Gasteiger charge is 2.34. The highest BCUT2D eigenvalue weighted by atomic mass is 35.5. The van der Waals surface area contributed by atoms with E-state index in [0.717, 1.165) is 12.1 Å². The number of alkyl halides is 3. The second-order valence-electron chi connectivity index (χ2n) is 3.41. The van der Waals surface area contributed by atoms with Gasteiger partial charge in [-0.25, -0.2) is 0 Å². The molecule has 0 aromatic carbocycles. The van der Waals surface area contributed by atoms with Crippen molar-refractivity contribution in [3.63, 3.8) is 0 Å². The van der Waals surface area contributed by atoms with E-state index >= 15 is 0 Å². The first-order valence-electron chi connectivity index (χ1n) is 4.76. The summed E-state index contributed by atoms with van der Waals surface area (Å²) < 4.78 is 36.8. The number of hydrogen-bond donors (Lipinski definition) is 1. The molecule has 0 radical (unpaired) electrons. The topological polar surface area (TPSA) is 83.4 Å². The molecule has 1 heterocycles. The lowest BCUT2D eigenvalue weighted by atomic mass is 10.3. The number of carboxylic acids is 1. The molecule has 1 N–H and O–H groups in total. The normalized spacial score (nSPS) is 11.2. The predicted molar refractivity (Wildman–Crippen MR) is 56.6 cm³/mol. The van der Waals surface area contributed by atoms with Gasteiger partial charge in [0.1, 0.15) is 13.1 Å². The maximum atomic E-state index is 12.3. The number of nitrogens with zero attached hydrogens (tertiary/aromatic N) is 3. The average Bonchev–Trinajstić information content (AvgIpc) is 2.25. The third kappa shape index (κ3) is 5.08. The first-order chi connectivity index (χ1) is 8.69. The zero-order valence-electron chi connectivity index (χ0n) is 9.19. The Labute approximate surface area is 109 Å². The van der Waals surface area contributed by atoms with E-state index in [1.807, 2.05) is 0 Å². The number of halogens is 4. The maximum absolute atomic E-state index is 12.3. The van der Waals surface area contributed by atoms with Gasteiger partial charge in [-0.05, 0) is 12.1 Å². The Hall–Kier alpha value is -1.90. The molecular formula is C9H7ClF3N3O3. The zero-order valence-corrected chi connectivity index (χ0v) is 9.94. The Morgan fingerprint density at radius 3 is 2.37 bits per heavy atom. The Bertz CT molecular complexity index is 478. The molecule has 0 atom stereocenters. The molecule has 1 amide bonds. The fourth-order valence-corrected chi connectivity index (χ4v) is 1.27. The number of carboxylic acid groups (broad SMARTS) is 1. The van der Waals surface area contributed by atoms with E-state index in [0.29, 0.717) is 0 Å². The summed E-state index contributed by atoms with van der Waals surface area (Å²) >= 11 is 5.41. The van der Waals surface area contributed by atoms with Gasteiger partial charge < -0.3 is 10.0 Å². The van der Waals surface area contributed by atoms with Gasteiger partial charge in [-0.3, -0.25) is 9.59 Å². The molecule has 6 nitrogen and oxygen atoms in total.